The van der Waals surface area contributed by atoms with Crippen molar-refractivity contribution >= 4 is 22.7 Å². The molecule has 9 heteroatoms. The normalized spacial score (nSPS) is 17.5. The third-order valence-electron chi connectivity index (χ3n) is 5.02. The molecule has 1 aliphatic heterocycles. The topological polar surface area (TPSA) is 94.3 Å². The summed E-state index contributed by atoms with van der Waals surface area (Å²) in [5, 5.41) is 0.341. The molecule has 1 saturated heterocycles. The molecule has 1 aromatic heterocycles. The molecule has 1 fully saturated rings. The van der Waals surface area contributed by atoms with E-state index >= 15 is 0 Å². The Labute approximate surface area is 147 Å². The second-order valence-corrected chi connectivity index (χ2v) is 6.67. The molecule has 0 saturated carbocycles. The van der Waals surface area contributed by atoms with Crippen LogP contribution in [0.1, 0.15) is 28.9 Å². The zero-order valence-electron chi connectivity index (χ0n) is 14.1. The van der Waals surface area contributed by atoms with E-state index < -0.39 is 23.2 Å². The van der Waals surface area contributed by atoms with Gasteiger partial charge in [-0.05, 0) is 37.1 Å². The number of carbonyl (C=O) groups is 2. The average Bonchev–Trinajstić information content (AvgIpc) is 2.90. The first-order chi connectivity index (χ1) is 12.0. The monoisotopic (exact) mass is 368 g/mol. The number of hydrogen-bond donors (Lipinski definition) is 2. The molecule has 2 aromatic rings. The molecule has 0 aliphatic carbocycles. The number of benzene rings is 1. The standard InChI is InChI=1S/C17H19F3N4O2/c1-23-12-3-2-11(17(18,19)20)8-10(12)9-13(23)14(25)24-6-4-16(22,5-7-24)15(21)26/h2-3,8-9H,4-7,22H2,1H3,(H2,21,26). The summed E-state index contributed by atoms with van der Waals surface area (Å²) in [6, 6.07) is 4.82. The number of nitrogens with zero attached hydrogens (tertiary/aromatic N) is 2. The van der Waals surface area contributed by atoms with Gasteiger partial charge in [0.25, 0.3) is 5.91 Å². The van der Waals surface area contributed by atoms with Crippen LogP contribution in [0.2, 0.25) is 0 Å². The van der Waals surface area contributed by atoms with Crippen molar-refractivity contribution in [3.63, 3.8) is 0 Å². The Morgan fingerprint density at radius 2 is 1.77 bits per heavy atom. The lowest BCUT2D eigenvalue weighted by Gasteiger charge is -2.36. The number of piperidine rings is 1. The van der Waals surface area contributed by atoms with E-state index in [4.69, 9.17) is 11.5 Å². The number of amides is 2. The molecule has 0 bridgehead atoms. The van der Waals surface area contributed by atoms with Gasteiger partial charge in [0.1, 0.15) is 5.69 Å². The van der Waals surface area contributed by atoms with Crippen LogP contribution in [-0.4, -0.2) is 39.9 Å². The van der Waals surface area contributed by atoms with Crippen LogP contribution in [0.25, 0.3) is 10.9 Å². The summed E-state index contributed by atoms with van der Waals surface area (Å²) in [5.74, 6) is -0.919. The number of halogens is 3. The quantitative estimate of drug-likeness (QED) is 0.843. The van der Waals surface area contributed by atoms with Gasteiger partial charge in [0.2, 0.25) is 5.91 Å². The molecule has 6 nitrogen and oxygen atoms in total. The Bertz CT molecular complexity index is 880. The van der Waals surface area contributed by atoms with Crippen LogP contribution in [-0.2, 0) is 18.0 Å². The predicted molar refractivity (Wildman–Crippen MR) is 89.2 cm³/mol. The summed E-state index contributed by atoms with van der Waals surface area (Å²) in [4.78, 5) is 25.7. The molecule has 140 valence electrons. The summed E-state index contributed by atoms with van der Waals surface area (Å²) >= 11 is 0. The van der Waals surface area contributed by atoms with Crippen LogP contribution in [0.3, 0.4) is 0 Å². The lowest BCUT2D eigenvalue weighted by atomic mass is 9.88. The molecule has 2 heterocycles. The maximum Gasteiger partial charge on any atom is 0.416 e. The van der Waals surface area contributed by atoms with E-state index in [-0.39, 0.29) is 37.5 Å². The minimum atomic E-state index is -4.44. The van der Waals surface area contributed by atoms with Crippen molar-refractivity contribution in [1.82, 2.24) is 9.47 Å². The number of primary amides is 1. The van der Waals surface area contributed by atoms with Gasteiger partial charge >= 0.3 is 6.18 Å². The van der Waals surface area contributed by atoms with Crippen molar-refractivity contribution in [3.05, 3.63) is 35.5 Å². The van der Waals surface area contributed by atoms with Crippen LogP contribution < -0.4 is 11.5 Å². The highest BCUT2D eigenvalue weighted by Gasteiger charge is 2.38. The highest BCUT2D eigenvalue weighted by molar-refractivity contribution is 5.99. The average molecular weight is 368 g/mol. The van der Waals surface area contributed by atoms with Crippen molar-refractivity contribution in [2.75, 3.05) is 13.1 Å². The number of aromatic nitrogens is 1. The second kappa shape index (κ2) is 6.01. The number of fused-ring (bicyclic) bond motifs is 1. The zero-order chi connectivity index (χ0) is 19.3. The molecule has 26 heavy (non-hydrogen) atoms. The number of nitrogens with two attached hydrogens (primary N) is 2. The van der Waals surface area contributed by atoms with Gasteiger partial charge in [0, 0.05) is 31.0 Å². The summed E-state index contributed by atoms with van der Waals surface area (Å²) in [7, 11) is 1.63. The van der Waals surface area contributed by atoms with Gasteiger partial charge in [0.15, 0.2) is 0 Å². The Morgan fingerprint density at radius 1 is 1.15 bits per heavy atom. The van der Waals surface area contributed by atoms with Crippen LogP contribution >= 0.6 is 0 Å². The van der Waals surface area contributed by atoms with Crippen molar-refractivity contribution < 1.29 is 22.8 Å². The first kappa shape index (κ1) is 18.2. The van der Waals surface area contributed by atoms with E-state index in [1.165, 1.54) is 17.0 Å². The smallest absolute Gasteiger partial charge is 0.368 e. The maximum absolute atomic E-state index is 12.9. The van der Waals surface area contributed by atoms with Crippen LogP contribution in [0.5, 0.6) is 0 Å². The Morgan fingerprint density at radius 3 is 2.31 bits per heavy atom. The van der Waals surface area contributed by atoms with Gasteiger partial charge in [-0.2, -0.15) is 13.2 Å². The molecule has 0 unspecified atom stereocenters. The minimum absolute atomic E-state index is 0.246. The van der Waals surface area contributed by atoms with E-state index in [2.05, 4.69) is 0 Å². The summed E-state index contributed by atoms with van der Waals surface area (Å²) in [6.45, 7) is 0.515. The van der Waals surface area contributed by atoms with Gasteiger partial charge in [0.05, 0.1) is 11.1 Å². The van der Waals surface area contributed by atoms with Crippen LogP contribution in [0, 0.1) is 0 Å². The lowest BCUT2D eigenvalue weighted by molar-refractivity contribution is -0.137. The lowest BCUT2D eigenvalue weighted by Crippen LogP contribution is -2.59. The number of hydrogen-bond acceptors (Lipinski definition) is 3. The molecule has 1 aromatic carbocycles. The third-order valence-corrected chi connectivity index (χ3v) is 5.02. The number of alkyl halides is 3. The molecule has 3 rings (SSSR count). The first-order valence-electron chi connectivity index (χ1n) is 8.08. The molecular formula is C17H19F3N4O2. The Balaban J connectivity index is 1.87. The van der Waals surface area contributed by atoms with E-state index in [0.717, 1.165) is 12.1 Å². The van der Waals surface area contributed by atoms with E-state index in [1.807, 2.05) is 0 Å². The van der Waals surface area contributed by atoms with Gasteiger partial charge in [-0.3, -0.25) is 9.59 Å². The van der Waals surface area contributed by atoms with Crippen LogP contribution in [0.4, 0.5) is 13.2 Å². The third kappa shape index (κ3) is 3.03. The first-order valence-corrected chi connectivity index (χ1v) is 8.08. The molecule has 0 radical (unpaired) electrons. The highest BCUT2D eigenvalue weighted by Crippen LogP contribution is 2.32. The minimum Gasteiger partial charge on any atom is -0.368 e. The fourth-order valence-electron chi connectivity index (χ4n) is 3.25. The Hall–Kier alpha value is -2.55. The number of likely N-dealkylation sites (tertiary alicyclic amines) is 1. The highest BCUT2D eigenvalue weighted by atomic mass is 19.4. The number of rotatable bonds is 2. The number of aryl methyl sites for hydroxylation is 1. The fourth-order valence-corrected chi connectivity index (χ4v) is 3.25. The zero-order valence-corrected chi connectivity index (χ0v) is 14.1. The fraction of sp³-hybridized carbons (Fsp3) is 0.412. The molecule has 0 spiro atoms. The molecule has 1 aliphatic rings. The van der Waals surface area contributed by atoms with Crippen molar-refractivity contribution in [2.45, 2.75) is 24.6 Å². The van der Waals surface area contributed by atoms with Crippen molar-refractivity contribution in [1.29, 1.82) is 0 Å². The van der Waals surface area contributed by atoms with Gasteiger partial charge in [-0.25, -0.2) is 0 Å². The molecule has 4 N–H and O–H groups in total. The van der Waals surface area contributed by atoms with E-state index in [0.29, 0.717) is 10.9 Å². The predicted octanol–water partition coefficient (Wildman–Crippen LogP) is 1.62. The van der Waals surface area contributed by atoms with Gasteiger partial charge < -0.3 is 20.9 Å². The summed E-state index contributed by atoms with van der Waals surface area (Å²) < 4.78 is 40.2. The van der Waals surface area contributed by atoms with E-state index in [1.54, 1.807) is 11.6 Å². The van der Waals surface area contributed by atoms with Gasteiger partial charge in [-0.15, -0.1) is 0 Å². The van der Waals surface area contributed by atoms with Crippen molar-refractivity contribution in [2.24, 2.45) is 18.5 Å². The largest absolute Gasteiger partial charge is 0.416 e. The van der Waals surface area contributed by atoms with Crippen LogP contribution in [0.15, 0.2) is 24.3 Å². The van der Waals surface area contributed by atoms with Crippen molar-refractivity contribution in [3.8, 4) is 0 Å². The summed E-state index contributed by atoms with van der Waals surface area (Å²) in [6.07, 6.45) is -3.95. The van der Waals surface area contributed by atoms with E-state index in [9.17, 15) is 22.8 Å². The Kier molecular flexibility index (Phi) is 4.22. The molecule has 0 atom stereocenters. The second-order valence-electron chi connectivity index (χ2n) is 6.67. The number of carbonyl (C=O) groups excluding carboxylic acids is 2. The SMILES string of the molecule is Cn1c(C(=O)N2CCC(N)(C(N)=O)CC2)cc2cc(C(F)(F)F)ccc21. The summed E-state index contributed by atoms with van der Waals surface area (Å²) in [5.41, 5.74) is 10.1. The van der Waals surface area contributed by atoms with Gasteiger partial charge in [-0.1, -0.05) is 0 Å². The molecule has 2 amide bonds. The maximum atomic E-state index is 12.9. The molecular weight excluding hydrogens is 349 g/mol.